The SMILES string of the molecule is CN(c1cccc(F)c1CBr)C1CCOC1. The summed E-state index contributed by atoms with van der Waals surface area (Å²) < 4.78 is 19.0. The van der Waals surface area contributed by atoms with Crippen molar-refractivity contribution < 1.29 is 9.13 Å². The molecule has 4 heteroatoms. The Labute approximate surface area is 104 Å². The highest BCUT2D eigenvalue weighted by molar-refractivity contribution is 9.08. The third kappa shape index (κ3) is 2.23. The number of hydrogen-bond donors (Lipinski definition) is 0. The molecule has 1 aliphatic rings. The first-order valence-electron chi connectivity index (χ1n) is 5.38. The van der Waals surface area contributed by atoms with E-state index in [0.29, 0.717) is 11.4 Å². The molecule has 0 spiro atoms. The summed E-state index contributed by atoms with van der Waals surface area (Å²) in [7, 11) is 2.00. The van der Waals surface area contributed by atoms with Gasteiger partial charge in [0.25, 0.3) is 0 Å². The zero-order chi connectivity index (χ0) is 11.5. The summed E-state index contributed by atoms with van der Waals surface area (Å²) in [6.45, 7) is 1.53. The Morgan fingerprint density at radius 1 is 1.56 bits per heavy atom. The summed E-state index contributed by atoms with van der Waals surface area (Å²) in [5, 5.41) is 0.535. The van der Waals surface area contributed by atoms with Crippen molar-refractivity contribution in [1.82, 2.24) is 0 Å². The number of ether oxygens (including phenoxy) is 1. The summed E-state index contributed by atoms with van der Waals surface area (Å²) in [5.41, 5.74) is 1.67. The van der Waals surface area contributed by atoms with Gasteiger partial charge < -0.3 is 9.64 Å². The molecule has 1 atom stereocenters. The molecule has 1 saturated heterocycles. The van der Waals surface area contributed by atoms with Crippen molar-refractivity contribution in [3.05, 3.63) is 29.6 Å². The molecular weight excluding hydrogens is 273 g/mol. The van der Waals surface area contributed by atoms with Crippen LogP contribution in [0.5, 0.6) is 0 Å². The molecule has 0 aliphatic carbocycles. The molecule has 88 valence electrons. The van der Waals surface area contributed by atoms with E-state index in [0.717, 1.165) is 30.9 Å². The van der Waals surface area contributed by atoms with Gasteiger partial charge in [0.15, 0.2) is 0 Å². The summed E-state index contributed by atoms with van der Waals surface area (Å²) in [4.78, 5) is 2.12. The molecule has 0 N–H and O–H groups in total. The largest absolute Gasteiger partial charge is 0.379 e. The van der Waals surface area contributed by atoms with Crippen molar-refractivity contribution in [1.29, 1.82) is 0 Å². The molecule has 0 saturated carbocycles. The van der Waals surface area contributed by atoms with Crippen molar-refractivity contribution in [2.24, 2.45) is 0 Å². The molecule has 0 bridgehead atoms. The van der Waals surface area contributed by atoms with Gasteiger partial charge in [0, 0.05) is 30.2 Å². The Hall–Kier alpha value is -0.610. The molecule has 16 heavy (non-hydrogen) atoms. The van der Waals surface area contributed by atoms with Gasteiger partial charge in [-0.15, -0.1) is 0 Å². The maximum absolute atomic E-state index is 13.6. The van der Waals surface area contributed by atoms with E-state index in [1.165, 1.54) is 6.07 Å². The van der Waals surface area contributed by atoms with E-state index in [9.17, 15) is 4.39 Å². The number of nitrogens with zero attached hydrogens (tertiary/aromatic N) is 1. The number of anilines is 1. The minimum Gasteiger partial charge on any atom is -0.379 e. The molecule has 2 rings (SSSR count). The van der Waals surface area contributed by atoms with Crippen molar-refractivity contribution in [2.75, 3.05) is 25.2 Å². The van der Waals surface area contributed by atoms with Gasteiger partial charge in [0.2, 0.25) is 0 Å². The van der Waals surface area contributed by atoms with E-state index in [1.807, 2.05) is 13.1 Å². The van der Waals surface area contributed by atoms with Crippen LogP contribution in [0.3, 0.4) is 0 Å². The summed E-state index contributed by atoms with van der Waals surface area (Å²) >= 11 is 3.34. The van der Waals surface area contributed by atoms with Crippen LogP contribution in [0.1, 0.15) is 12.0 Å². The van der Waals surface area contributed by atoms with Gasteiger partial charge in [-0.2, -0.15) is 0 Å². The molecular formula is C12H15BrFNO. The van der Waals surface area contributed by atoms with Crippen molar-refractivity contribution >= 4 is 21.6 Å². The molecule has 0 aromatic heterocycles. The van der Waals surface area contributed by atoms with Crippen LogP contribution in [0, 0.1) is 5.82 Å². The molecule has 1 fully saturated rings. The Kier molecular flexibility index (Phi) is 3.82. The topological polar surface area (TPSA) is 12.5 Å². The highest BCUT2D eigenvalue weighted by Gasteiger charge is 2.22. The Morgan fingerprint density at radius 3 is 3.00 bits per heavy atom. The van der Waals surface area contributed by atoms with E-state index in [-0.39, 0.29) is 5.82 Å². The van der Waals surface area contributed by atoms with Crippen LogP contribution in [0.25, 0.3) is 0 Å². The average molecular weight is 288 g/mol. The van der Waals surface area contributed by atoms with Crippen molar-refractivity contribution in [3.63, 3.8) is 0 Å². The van der Waals surface area contributed by atoms with Crippen LogP contribution in [0.4, 0.5) is 10.1 Å². The van der Waals surface area contributed by atoms with E-state index in [4.69, 9.17) is 4.74 Å². The maximum Gasteiger partial charge on any atom is 0.129 e. The molecule has 1 aromatic rings. The third-order valence-corrected chi connectivity index (χ3v) is 3.62. The van der Waals surface area contributed by atoms with Crippen LogP contribution in [0.15, 0.2) is 18.2 Å². The zero-order valence-electron chi connectivity index (χ0n) is 9.25. The van der Waals surface area contributed by atoms with Gasteiger partial charge in [-0.05, 0) is 18.6 Å². The fourth-order valence-corrected chi connectivity index (χ4v) is 2.59. The van der Waals surface area contributed by atoms with E-state index in [1.54, 1.807) is 6.07 Å². The fraction of sp³-hybridized carbons (Fsp3) is 0.500. The van der Waals surface area contributed by atoms with Gasteiger partial charge >= 0.3 is 0 Å². The molecule has 0 amide bonds. The second kappa shape index (κ2) is 5.15. The molecule has 1 heterocycles. The van der Waals surface area contributed by atoms with Crippen molar-refractivity contribution in [2.45, 2.75) is 17.8 Å². The number of halogens is 2. The predicted molar refractivity (Wildman–Crippen MR) is 66.7 cm³/mol. The number of hydrogen-bond acceptors (Lipinski definition) is 2. The van der Waals surface area contributed by atoms with Gasteiger partial charge in [0.1, 0.15) is 5.82 Å². The van der Waals surface area contributed by atoms with Crippen LogP contribution in [0.2, 0.25) is 0 Å². The quantitative estimate of drug-likeness (QED) is 0.793. The minimum atomic E-state index is -0.153. The van der Waals surface area contributed by atoms with E-state index >= 15 is 0 Å². The van der Waals surface area contributed by atoms with Gasteiger partial charge in [-0.1, -0.05) is 22.0 Å². The lowest BCUT2D eigenvalue weighted by Crippen LogP contribution is -2.32. The number of likely N-dealkylation sites (N-methyl/N-ethyl adjacent to an activating group) is 1. The zero-order valence-corrected chi connectivity index (χ0v) is 10.8. The van der Waals surface area contributed by atoms with Crippen LogP contribution in [-0.4, -0.2) is 26.3 Å². The molecule has 1 unspecified atom stereocenters. The summed E-state index contributed by atoms with van der Waals surface area (Å²) in [5.74, 6) is -0.153. The van der Waals surface area contributed by atoms with Gasteiger partial charge in [-0.25, -0.2) is 4.39 Å². The first-order valence-corrected chi connectivity index (χ1v) is 6.50. The van der Waals surface area contributed by atoms with E-state index < -0.39 is 0 Å². The van der Waals surface area contributed by atoms with Gasteiger partial charge in [-0.3, -0.25) is 0 Å². The second-order valence-electron chi connectivity index (χ2n) is 4.00. The number of alkyl halides is 1. The first-order chi connectivity index (χ1) is 7.74. The third-order valence-electron chi connectivity index (χ3n) is 3.06. The summed E-state index contributed by atoms with van der Waals surface area (Å²) in [6.07, 6.45) is 1.01. The number of rotatable bonds is 3. The first kappa shape index (κ1) is 11.9. The highest BCUT2D eigenvalue weighted by Crippen LogP contribution is 2.27. The maximum atomic E-state index is 13.6. The minimum absolute atomic E-state index is 0.153. The molecule has 2 nitrogen and oxygen atoms in total. The molecule has 1 aromatic carbocycles. The standard InChI is InChI=1S/C12H15BrFNO/c1-15(9-5-6-16-8-9)12-4-2-3-11(14)10(12)7-13/h2-4,9H,5-8H2,1H3. The molecule has 1 aliphatic heterocycles. The van der Waals surface area contributed by atoms with Crippen molar-refractivity contribution in [3.8, 4) is 0 Å². The predicted octanol–water partition coefficient (Wildman–Crippen LogP) is 2.95. The Bertz CT molecular complexity index is 366. The average Bonchev–Trinajstić information content (AvgIpc) is 2.81. The van der Waals surface area contributed by atoms with Crippen LogP contribution >= 0.6 is 15.9 Å². The Morgan fingerprint density at radius 2 is 2.38 bits per heavy atom. The lowest BCUT2D eigenvalue weighted by Gasteiger charge is -2.27. The van der Waals surface area contributed by atoms with Gasteiger partial charge in [0.05, 0.1) is 12.6 Å². The Balaban J connectivity index is 2.27. The smallest absolute Gasteiger partial charge is 0.129 e. The van der Waals surface area contributed by atoms with E-state index in [2.05, 4.69) is 20.8 Å². The second-order valence-corrected chi connectivity index (χ2v) is 4.56. The normalized spacial score (nSPS) is 20.1. The van der Waals surface area contributed by atoms with Crippen LogP contribution < -0.4 is 4.90 Å². The highest BCUT2D eigenvalue weighted by atomic mass is 79.9. The lowest BCUT2D eigenvalue weighted by atomic mass is 10.1. The lowest BCUT2D eigenvalue weighted by molar-refractivity contribution is 0.193. The molecule has 0 radical (unpaired) electrons. The fourth-order valence-electron chi connectivity index (χ4n) is 2.03. The number of benzene rings is 1. The monoisotopic (exact) mass is 287 g/mol. The summed E-state index contributed by atoms with van der Waals surface area (Å²) in [6, 6.07) is 5.57. The van der Waals surface area contributed by atoms with Crippen LogP contribution in [-0.2, 0) is 10.1 Å².